The van der Waals surface area contributed by atoms with Gasteiger partial charge < -0.3 is 5.32 Å². The molecule has 0 amide bonds. The van der Waals surface area contributed by atoms with E-state index >= 15 is 0 Å². The molecule has 0 aliphatic heterocycles. The molecule has 0 saturated carbocycles. The van der Waals surface area contributed by atoms with E-state index in [1.54, 1.807) is 12.1 Å². The van der Waals surface area contributed by atoms with Crippen molar-refractivity contribution in [1.82, 2.24) is 10.3 Å². The zero-order valence-electron chi connectivity index (χ0n) is 9.29. The topological polar surface area (TPSA) is 59.1 Å². The fourth-order valence-electron chi connectivity index (χ4n) is 1.63. The van der Waals surface area contributed by atoms with Crippen LogP contribution in [0.25, 0.3) is 0 Å². The average molecular weight is 251 g/mol. The van der Waals surface area contributed by atoms with E-state index in [2.05, 4.69) is 10.3 Å². The van der Waals surface area contributed by atoms with Crippen molar-refractivity contribution in [2.45, 2.75) is 13.3 Å². The molecule has 0 radical (unpaired) electrons. The molecule has 0 fully saturated rings. The van der Waals surface area contributed by atoms with Crippen molar-refractivity contribution >= 4 is 23.2 Å². The predicted molar refractivity (Wildman–Crippen MR) is 64.1 cm³/mol. The normalized spacial score (nSPS) is 14.9. The highest BCUT2D eigenvalue weighted by Crippen LogP contribution is 2.25. The van der Waals surface area contributed by atoms with Crippen LogP contribution in [-0.2, 0) is 0 Å². The lowest BCUT2D eigenvalue weighted by Crippen LogP contribution is -2.30. The number of nitrogens with one attached hydrogen (secondary N) is 1. The number of carbonyl (C=O) groups is 2. The van der Waals surface area contributed by atoms with Crippen LogP contribution in [0.3, 0.4) is 0 Å². The molecule has 0 aromatic carbocycles. The molecular weight excluding hydrogens is 240 g/mol. The molecule has 1 aromatic rings. The Balaban J connectivity index is 2.47. The Morgan fingerprint density at radius 1 is 1.35 bits per heavy atom. The summed E-state index contributed by atoms with van der Waals surface area (Å²) < 4.78 is 0. The summed E-state index contributed by atoms with van der Waals surface area (Å²) in [5.74, 6) is -0.674. The van der Waals surface area contributed by atoms with Crippen LogP contribution >= 0.6 is 11.6 Å². The molecule has 17 heavy (non-hydrogen) atoms. The number of fused-ring (bicyclic) bond motifs is 1. The quantitative estimate of drug-likeness (QED) is 0.890. The molecular formula is C12H11ClN2O2. The molecule has 1 heterocycles. The van der Waals surface area contributed by atoms with Crippen molar-refractivity contribution in [3.05, 3.63) is 40.3 Å². The van der Waals surface area contributed by atoms with Gasteiger partial charge in [-0.2, -0.15) is 0 Å². The van der Waals surface area contributed by atoms with Crippen LogP contribution in [0.1, 0.15) is 34.2 Å². The summed E-state index contributed by atoms with van der Waals surface area (Å²) in [5.41, 5.74) is 0.592. The standard InChI is InChI=1S/C12H11ClN2O2/c1-2-5-14-10-8(13)11(16)7-4-3-6-15-9(7)12(10)17/h3-4,6,14H,2,5H2,1H3. The van der Waals surface area contributed by atoms with Crippen molar-refractivity contribution < 1.29 is 9.59 Å². The number of nitrogens with zero attached hydrogens (tertiary/aromatic N) is 1. The molecule has 0 bridgehead atoms. The summed E-state index contributed by atoms with van der Waals surface area (Å²) in [4.78, 5) is 27.9. The maximum absolute atomic E-state index is 12.1. The van der Waals surface area contributed by atoms with Crippen molar-refractivity contribution in [3.63, 3.8) is 0 Å². The Labute approximate surface area is 104 Å². The van der Waals surface area contributed by atoms with Gasteiger partial charge in [-0.25, -0.2) is 0 Å². The first-order chi connectivity index (χ1) is 8.16. The van der Waals surface area contributed by atoms with Gasteiger partial charge in [0.2, 0.25) is 11.6 Å². The lowest BCUT2D eigenvalue weighted by Gasteiger charge is -2.17. The van der Waals surface area contributed by atoms with E-state index in [0.29, 0.717) is 6.54 Å². The Hall–Kier alpha value is -1.68. The van der Waals surface area contributed by atoms with Crippen molar-refractivity contribution in [3.8, 4) is 0 Å². The summed E-state index contributed by atoms with van der Waals surface area (Å²) >= 11 is 5.91. The van der Waals surface area contributed by atoms with Gasteiger partial charge >= 0.3 is 0 Å². The highest BCUT2D eigenvalue weighted by molar-refractivity contribution is 6.49. The van der Waals surface area contributed by atoms with Crippen LogP contribution in [0.5, 0.6) is 0 Å². The number of carbonyl (C=O) groups excluding carboxylic acids is 2. The van der Waals surface area contributed by atoms with Crippen LogP contribution in [0.15, 0.2) is 29.1 Å². The number of rotatable bonds is 3. The van der Waals surface area contributed by atoms with Crippen LogP contribution < -0.4 is 5.32 Å². The molecule has 0 atom stereocenters. The van der Waals surface area contributed by atoms with E-state index in [1.165, 1.54) is 6.20 Å². The highest BCUT2D eigenvalue weighted by Gasteiger charge is 2.32. The lowest BCUT2D eigenvalue weighted by molar-refractivity contribution is 0.0970. The van der Waals surface area contributed by atoms with Gasteiger partial charge in [-0.1, -0.05) is 18.5 Å². The summed E-state index contributed by atoms with van der Waals surface area (Å²) in [7, 11) is 0. The van der Waals surface area contributed by atoms with Gasteiger partial charge in [0, 0.05) is 12.7 Å². The molecule has 5 heteroatoms. The Morgan fingerprint density at radius 3 is 2.82 bits per heavy atom. The van der Waals surface area contributed by atoms with Crippen LogP contribution in [-0.4, -0.2) is 23.1 Å². The number of hydrogen-bond donors (Lipinski definition) is 1. The van der Waals surface area contributed by atoms with Crippen LogP contribution in [0, 0.1) is 0 Å². The van der Waals surface area contributed by atoms with Crippen molar-refractivity contribution in [2.75, 3.05) is 6.54 Å². The molecule has 1 aliphatic carbocycles. The minimum Gasteiger partial charge on any atom is -0.380 e. The van der Waals surface area contributed by atoms with Crippen molar-refractivity contribution in [1.29, 1.82) is 0 Å². The zero-order valence-corrected chi connectivity index (χ0v) is 10.0. The van der Waals surface area contributed by atoms with E-state index in [-0.39, 0.29) is 33.6 Å². The smallest absolute Gasteiger partial charge is 0.229 e. The van der Waals surface area contributed by atoms with Gasteiger partial charge in [0.15, 0.2) is 0 Å². The van der Waals surface area contributed by atoms with E-state index in [9.17, 15) is 9.59 Å². The second-order valence-electron chi connectivity index (χ2n) is 3.67. The third kappa shape index (κ3) is 1.96. The van der Waals surface area contributed by atoms with E-state index < -0.39 is 0 Å². The molecule has 1 aliphatic rings. The number of allylic oxidation sites excluding steroid dienone is 2. The average Bonchev–Trinajstić information content (AvgIpc) is 2.36. The predicted octanol–water partition coefficient (Wildman–Crippen LogP) is 1.91. The number of ketones is 2. The maximum atomic E-state index is 12.1. The molecule has 0 spiro atoms. The van der Waals surface area contributed by atoms with Gasteiger partial charge in [-0.05, 0) is 18.6 Å². The second-order valence-corrected chi connectivity index (χ2v) is 4.05. The number of pyridine rings is 1. The van der Waals surface area contributed by atoms with Crippen molar-refractivity contribution in [2.24, 2.45) is 0 Å². The minimum atomic E-state index is -0.354. The third-order valence-electron chi connectivity index (χ3n) is 2.47. The minimum absolute atomic E-state index is 0.0519. The fraction of sp³-hybridized carbons (Fsp3) is 0.250. The Morgan fingerprint density at radius 2 is 2.12 bits per heavy atom. The fourth-order valence-corrected chi connectivity index (χ4v) is 1.88. The van der Waals surface area contributed by atoms with Gasteiger partial charge in [-0.15, -0.1) is 0 Å². The molecule has 1 aromatic heterocycles. The third-order valence-corrected chi connectivity index (χ3v) is 2.83. The molecule has 0 saturated heterocycles. The highest BCUT2D eigenvalue weighted by atomic mass is 35.5. The number of Topliss-reactive ketones (excluding diaryl/α,β-unsaturated/α-hetero) is 2. The molecule has 4 nitrogen and oxygen atoms in total. The first-order valence-electron chi connectivity index (χ1n) is 5.35. The zero-order chi connectivity index (χ0) is 12.4. The number of aromatic nitrogens is 1. The molecule has 0 unspecified atom stereocenters. The number of halogens is 1. The van der Waals surface area contributed by atoms with Gasteiger partial charge in [0.05, 0.1) is 5.56 Å². The van der Waals surface area contributed by atoms with Gasteiger partial charge in [-0.3, -0.25) is 14.6 Å². The molecule has 2 rings (SSSR count). The van der Waals surface area contributed by atoms with E-state index in [1.807, 2.05) is 6.92 Å². The van der Waals surface area contributed by atoms with E-state index in [4.69, 9.17) is 11.6 Å². The first-order valence-corrected chi connectivity index (χ1v) is 5.72. The van der Waals surface area contributed by atoms with Crippen LogP contribution in [0.2, 0.25) is 0 Å². The van der Waals surface area contributed by atoms with Crippen LogP contribution in [0.4, 0.5) is 0 Å². The molecule has 1 N–H and O–H groups in total. The molecule has 88 valence electrons. The summed E-state index contributed by atoms with van der Waals surface area (Å²) in [5, 5.41) is 2.83. The first kappa shape index (κ1) is 11.8. The summed E-state index contributed by atoms with van der Waals surface area (Å²) in [6.07, 6.45) is 2.32. The Bertz CT molecular complexity index is 523. The maximum Gasteiger partial charge on any atom is 0.229 e. The lowest BCUT2D eigenvalue weighted by atomic mass is 9.97. The summed E-state index contributed by atoms with van der Waals surface area (Å²) in [6, 6.07) is 3.17. The largest absolute Gasteiger partial charge is 0.380 e. The van der Waals surface area contributed by atoms with Gasteiger partial charge in [0.25, 0.3) is 0 Å². The van der Waals surface area contributed by atoms with Gasteiger partial charge in [0.1, 0.15) is 16.4 Å². The number of hydrogen-bond acceptors (Lipinski definition) is 4. The van der Waals surface area contributed by atoms with E-state index in [0.717, 1.165) is 6.42 Å². The monoisotopic (exact) mass is 250 g/mol. The summed E-state index contributed by atoms with van der Waals surface area (Å²) in [6.45, 7) is 2.55. The Kier molecular flexibility index (Phi) is 3.24. The SMILES string of the molecule is CCCNC1=C(Cl)C(=O)c2cccnc2C1=O. The second kappa shape index (κ2) is 4.67.